The summed E-state index contributed by atoms with van der Waals surface area (Å²) in [6, 6.07) is 3.42. The maximum Gasteiger partial charge on any atom is 0.270 e. The summed E-state index contributed by atoms with van der Waals surface area (Å²) >= 11 is 6.09. The van der Waals surface area contributed by atoms with Gasteiger partial charge in [-0.25, -0.2) is 9.97 Å². The third-order valence-electron chi connectivity index (χ3n) is 4.76. The quantitative estimate of drug-likeness (QED) is 0.331. The fourth-order valence-electron chi connectivity index (χ4n) is 3.29. The molecule has 1 amide bonds. The maximum absolute atomic E-state index is 12.9. The van der Waals surface area contributed by atoms with Crippen LogP contribution < -0.4 is 27.4 Å². The number of hydrogen-bond acceptors (Lipinski definition) is 8. The number of rotatable bonds is 8. The highest BCUT2D eigenvalue weighted by molar-refractivity contribution is 6.29. The van der Waals surface area contributed by atoms with E-state index in [1.165, 1.54) is 0 Å². The van der Waals surface area contributed by atoms with Gasteiger partial charge in [0.05, 0.1) is 36.0 Å². The lowest BCUT2D eigenvalue weighted by Crippen LogP contribution is -2.36. The van der Waals surface area contributed by atoms with Crippen molar-refractivity contribution < 1.29 is 9.53 Å². The van der Waals surface area contributed by atoms with Crippen LogP contribution in [0.4, 0.5) is 22.9 Å². The van der Waals surface area contributed by atoms with Gasteiger partial charge in [-0.3, -0.25) is 9.20 Å². The van der Waals surface area contributed by atoms with Crippen LogP contribution in [0.25, 0.3) is 5.65 Å². The van der Waals surface area contributed by atoms with Crippen LogP contribution in [-0.2, 0) is 11.3 Å². The predicted octanol–water partition coefficient (Wildman–Crippen LogP) is 2.27. The first-order valence-corrected chi connectivity index (χ1v) is 10.1. The highest BCUT2D eigenvalue weighted by Gasteiger charge is 2.21. The molecule has 10 nitrogen and oxygen atoms in total. The number of nitrogens with one attached hydrogen (secondary N) is 3. The summed E-state index contributed by atoms with van der Waals surface area (Å²) < 4.78 is 7.40. The van der Waals surface area contributed by atoms with Gasteiger partial charge in [0.15, 0.2) is 11.5 Å². The molecule has 31 heavy (non-hydrogen) atoms. The number of imidazole rings is 1. The van der Waals surface area contributed by atoms with E-state index in [0.717, 1.165) is 11.3 Å². The summed E-state index contributed by atoms with van der Waals surface area (Å²) in [7, 11) is 3.49. The second-order valence-corrected chi connectivity index (χ2v) is 7.57. The highest BCUT2D eigenvalue weighted by atomic mass is 35.5. The Morgan fingerprint density at radius 1 is 1.26 bits per heavy atom. The van der Waals surface area contributed by atoms with Gasteiger partial charge in [0.2, 0.25) is 0 Å². The normalized spacial score (nSPS) is 12.0. The molecule has 11 heteroatoms. The maximum atomic E-state index is 12.9. The SMILES string of the molecule is CNc1cc(COCC(C)NC(=O)c2c(C)nc3c(NC)nc(Cl)cn23)cc(N)c1N. The van der Waals surface area contributed by atoms with Crippen molar-refractivity contribution in [3.63, 3.8) is 0 Å². The van der Waals surface area contributed by atoms with Crippen molar-refractivity contribution in [1.29, 1.82) is 0 Å². The van der Waals surface area contributed by atoms with Crippen molar-refractivity contribution in [1.82, 2.24) is 19.7 Å². The van der Waals surface area contributed by atoms with Crippen LogP contribution in [0.5, 0.6) is 0 Å². The highest BCUT2D eigenvalue weighted by Crippen LogP contribution is 2.27. The Labute approximate surface area is 185 Å². The summed E-state index contributed by atoms with van der Waals surface area (Å²) in [5.41, 5.74) is 16.0. The van der Waals surface area contributed by atoms with E-state index in [-0.39, 0.29) is 17.1 Å². The Bertz CT molecular complexity index is 1110. The number of carbonyl (C=O) groups is 1. The number of aromatic nitrogens is 3. The van der Waals surface area contributed by atoms with Crippen LogP contribution in [0.3, 0.4) is 0 Å². The summed E-state index contributed by atoms with van der Waals surface area (Å²) in [6.45, 7) is 4.27. The third kappa shape index (κ3) is 4.75. The summed E-state index contributed by atoms with van der Waals surface area (Å²) in [5, 5.41) is 9.13. The van der Waals surface area contributed by atoms with Gasteiger partial charge in [-0.2, -0.15) is 0 Å². The van der Waals surface area contributed by atoms with Gasteiger partial charge in [-0.15, -0.1) is 0 Å². The molecular weight excluding hydrogens is 420 g/mol. The van der Waals surface area contributed by atoms with Gasteiger partial charge in [0.1, 0.15) is 10.8 Å². The van der Waals surface area contributed by atoms with E-state index >= 15 is 0 Å². The molecule has 0 spiro atoms. The minimum atomic E-state index is -0.278. The molecule has 0 radical (unpaired) electrons. The number of carbonyl (C=O) groups excluding carboxylic acids is 1. The first-order chi connectivity index (χ1) is 14.7. The molecule has 7 N–H and O–H groups in total. The number of halogens is 1. The molecule has 0 aliphatic rings. The van der Waals surface area contributed by atoms with Gasteiger partial charge in [0.25, 0.3) is 5.91 Å². The fraction of sp³-hybridized carbons (Fsp3) is 0.350. The number of nitrogen functional groups attached to an aromatic ring is 2. The molecule has 2 aromatic heterocycles. The summed E-state index contributed by atoms with van der Waals surface area (Å²) in [5.74, 6) is 0.217. The third-order valence-corrected chi connectivity index (χ3v) is 4.94. The number of ether oxygens (including phenoxy) is 1. The molecular formula is C20H27ClN8O2. The van der Waals surface area contributed by atoms with Gasteiger partial charge < -0.3 is 32.2 Å². The number of amides is 1. The van der Waals surface area contributed by atoms with Crippen molar-refractivity contribution in [2.75, 3.05) is 42.8 Å². The summed E-state index contributed by atoms with van der Waals surface area (Å²) in [4.78, 5) is 21.5. The first-order valence-electron chi connectivity index (χ1n) is 9.72. The second kappa shape index (κ2) is 9.27. The molecule has 3 aromatic rings. The lowest BCUT2D eigenvalue weighted by atomic mass is 10.1. The van der Waals surface area contributed by atoms with Crippen LogP contribution in [-0.4, -0.2) is 47.0 Å². The van der Waals surface area contributed by atoms with Gasteiger partial charge in [0, 0.05) is 26.3 Å². The number of nitrogens with two attached hydrogens (primary N) is 2. The minimum absolute atomic E-state index is 0.242. The predicted molar refractivity (Wildman–Crippen MR) is 124 cm³/mol. The molecule has 1 aromatic carbocycles. The summed E-state index contributed by atoms with van der Waals surface area (Å²) in [6.07, 6.45) is 1.57. The molecule has 2 heterocycles. The van der Waals surface area contributed by atoms with E-state index in [0.29, 0.717) is 47.4 Å². The molecule has 0 aliphatic carbocycles. The first kappa shape index (κ1) is 22.4. The van der Waals surface area contributed by atoms with Gasteiger partial charge in [-0.05, 0) is 31.5 Å². The second-order valence-electron chi connectivity index (χ2n) is 7.19. The lowest BCUT2D eigenvalue weighted by Gasteiger charge is -2.16. The van der Waals surface area contributed by atoms with E-state index in [2.05, 4.69) is 25.9 Å². The molecule has 0 bridgehead atoms. The van der Waals surface area contributed by atoms with E-state index < -0.39 is 0 Å². The Balaban J connectivity index is 1.66. The van der Waals surface area contributed by atoms with Crippen LogP contribution in [0.1, 0.15) is 28.7 Å². The minimum Gasteiger partial charge on any atom is -0.397 e. The van der Waals surface area contributed by atoms with Crippen molar-refractivity contribution in [3.8, 4) is 0 Å². The van der Waals surface area contributed by atoms with E-state index in [4.69, 9.17) is 27.8 Å². The molecule has 166 valence electrons. The Kier molecular flexibility index (Phi) is 6.71. The van der Waals surface area contributed by atoms with Crippen molar-refractivity contribution in [2.45, 2.75) is 26.5 Å². The smallest absolute Gasteiger partial charge is 0.270 e. The van der Waals surface area contributed by atoms with Crippen LogP contribution in [0, 0.1) is 6.92 Å². The average molecular weight is 447 g/mol. The molecule has 0 fully saturated rings. The number of fused-ring (bicyclic) bond motifs is 1. The van der Waals surface area contributed by atoms with Crippen LogP contribution in [0.15, 0.2) is 18.3 Å². The molecule has 3 rings (SSSR count). The Morgan fingerprint density at radius 2 is 2.00 bits per heavy atom. The molecule has 0 saturated carbocycles. The number of anilines is 4. The number of hydrogen-bond donors (Lipinski definition) is 5. The van der Waals surface area contributed by atoms with Gasteiger partial charge in [-0.1, -0.05) is 11.6 Å². The van der Waals surface area contributed by atoms with Crippen molar-refractivity contribution in [2.24, 2.45) is 0 Å². The topological polar surface area (TPSA) is 145 Å². The Morgan fingerprint density at radius 3 is 2.68 bits per heavy atom. The van der Waals surface area contributed by atoms with Gasteiger partial charge >= 0.3 is 0 Å². The fourth-order valence-corrected chi connectivity index (χ4v) is 3.47. The molecule has 0 aliphatic heterocycles. The monoisotopic (exact) mass is 446 g/mol. The molecule has 0 saturated heterocycles. The van der Waals surface area contributed by atoms with E-state index in [1.807, 2.05) is 13.0 Å². The zero-order valence-corrected chi connectivity index (χ0v) is 18.7. The largest absolute Gasteiger partial charge is 0.397 e. The number of aryl methyl sites for hydroxylation is 1. The Hall–Kier alpha value is -3.24. The zero-order chi connectivity index (χ0) is 22.7. The van der Waals surface area contributed by atoms with Crippen LogP contribution >= 0.6 is 11.6 Å². The zero-order valence-electron chi connectivity index (χ0n) is 17.9. The van der Waals surface area contributed by atoms with E-state index in [1.54, 1.807) is 37.7 Å². The molecule has 1 unspecified atom stereocenters. The average Bonchev–Trinajstić information content (AvgIpc) is 3.05. The number of nitrogens with zero attached hydrogens (tertiary/aromatic N) is 3. The van der Waals surface area contributed by atoms with Crippen molar-refractivity contribution >= 4 is 46.0 Å². The lowest BCUT2D eigenvalue weighted by molar-refractivity contribution is 0.0815. The number of benzene rings is 1. The van der Waals surface area contributed by atoms with E-state index in [9.17, 15) is 4.79 Å². The van der Waals surface area contributed by atoms with Crippen LogP contribution in [0.2, 0.25) is 5.15 Å². The van der Waals surface area contributed by atoms with Crippen molar-refractivity contribution in [3.05, 3.63) is 40.4 Å². The standard InChI is InChI=1S/C20H27ClN8O2/c1-10(8-31-9-12-5-13(22)16(23)14(6-12)24-3)26-20(30)17-11(2)27-19-18(25-4)28-15(21)7-29(17)19/h5-7,10,24H,8-9,22-23H2,1-4H3,(H,25,28)(H,26,30). The molecule has 1 atom stereocenters.